The third-order valence-electron chi connectivity index (χ3n) is 5.37. The van der Waals surface area contributed by atoms with Crippen LogP contribution >= 0.6 is 11.6 Å². The number of hydrogen-bond acceptors (Lipinski definition) is 3. The first kappa shape index (κ1) is 20.5. The lowest BCUT2D eigenvalue weighted by atomic mass is 10.0. The highest BCUT2D eigenvalue weighted by Crippen LogP contribution is 2.36. The smallest absolute Gasteiger partial charge is 0.119 e. The quantitative estimate of drug-likeness (QED) is 0.375. The van der Waals surface area contributed by atoms with Crippen molar-refractivity contribution in [2.45, 2.75) is 13.0 Å². The molecule has 0 fully saturated rings. The van der Waals surface area contributed by atoms with E-state index in [-0.39, 0.29) is 0 Å². The number of aromatic nitrogens is 2. The second-order valence-electron chi connectivity index (χ2n) is 7.91. The van der Waals surface area contributed by atoms with Gasteiger partial charge in [0.25, 0.3) is 0 Å². The summed E-state index contributed by atoms with van der Waals surface area (Å²) in [7, 11) is 5.91. The van der Waals surface area contributed by atoms with Crippen molar-refractivity contribution in [1.82, 2.24) is 14.5 Å². The highest BCUT2D eigenvalue weighted by atomic mass is 35.5. The standard InChI is InChI=1S/C25H26ClN3O/c1-17(15-28(2)3)29-16-24(23-12-22(30-4)9-10-25(23)29)20-11-19(13-27-14-20)18-5-7-21(26)8-6-18/h5-14,16-17H,15H2,1-4H3. The van der Waals surface area contributed by atoms with Crippen LogP contribution in [0.25, 0.3) is 33.2 Å². The summed E-state index contributed by atoms with van der Waals surface area (Å²) >= 11 is 6.05. The maximum Gasteiger partial charge on any atom is 0.119 e. The molecular weight excluding hydrogens is 394 g/mol. The number of fused-ring (bicyclic) bond motifs is 1. The largest absolute Gasteiger partial charge is 0.497 e. The summed E-state index contributed by atoms with van der Waals surface area (Å²) in [6.45, 7) is 3.20. The fourth-order valence-corrected chi connectivity index (χ4v) is 4.09. The van der Waals surface area contributed by atoms with Crippen molar-refractivity contribution in [3.63, 3.8) is 0 Å². The van der Waals surface area contributed by atoms with Crippen molar-refractivity contribution < 1.29 is 4.74 Å². The van der Waals surface area contributed by atoms with Crippen molar-refractivity contribution in [3.8, 4) is 28.0 Å². The van der Waals surface area contributed by atoms with Gasteiger partial charge >= 0.3 is 0 Å². The third-order valence-corrected chi connectivity index (χ3v) is 5.62. The Hall–Kier alpha value is -2.82. The van der Waals surface area contributed by atoms with E-state index in [1.165, 1.54) is 5.52 Å². The van der Waals surface area contributed by atoms with Gasteiger partial charge in [0.1, 0.15) is 5.75 Å². The molecule has 2 heterocycles. The molecule has 1 atom stereocenters. The van der Waals surface area contributed by atoms with E-state index in [2.05, 4.69) is 59.9 Å². The minimum absolute atomic E-state index is 0.331. The van der Waals surface area contributed by atoms with Crippen molar-refractivity contribution in [2.24, 2.45) is 0 Å². The fourth-order valence-electron chi connectivity index (χ4n) is 3.96. The zero-order chi connectivity index (χ0) is 21.3. The van der Waals surface area contributed by atoms with Crippen LogP contribution in [-0.4, -0.2) is 42.2 Å². The van der Waals surface area contributed by atoms with Crippen LogP contribution < -0.4 is 4.74 Å². The summed E-state index contributed by atoms with van der Waals surface area (Å²) < 4.78 is 7.85. The molecule has 2 aromatic heterocycles. The molecule has 4 rings (SSSR count). The Kier molecular flexibility index (Phi) is 5.80. The molecule has 5 heteroatoms. The lowest BCUT2D eigenvalue weighted by molar-refractivity contribution is 0.341. The van der Waals surface area contributed by atoms with Gasteiger partial charge in [0.2, 0.25) is 0 Å². The molecule has 0 spiro atoms. The van der Waals surface area contributed by atoms with E-state index in [4.69, 9.17) is 16.3 Å². The molecule has 0 saturated carbocycles. The fraction of sp³-hybridized carbons (Fsp3) is 0.240. The molecule has 154 valence electrons. The van der Waals surface area contributed by atoms with Crippen molar-refractivity contribution in [1.29, 1.82) is 0 Å². The molecule has 0 aliphatic heterocycles. The Balaban J connectivity index is 1.85. The second-order valence-corrected chi connectivity index (χ2v) is 8.35. The number of nitrogens with zero attached hydrogens (tertiary/aromatic N) is 3. The normalized spacial score (nSPS) is 12.5. The summed E-state index contributed by atoms with van der Waals surface area (Å²) in [6, 6.07) is 16.6. The molecule has 0 amide bonds. The van der Waals surface area contributed by atoms with Gasteiger partial charge in [-0.3, -0.25) is 4.98 Å². The number of halogens is 1. The minimum Gasteiger partial charge on any atom is -0.497 e. The molecule has 30 heavy (non-hydrogen) atoms. The van der Waals surface area contributed by atoms with Gasteiger partial charge in [0.05, 0.1) is 7.11 Å². The average Bonchev–Trinajstić information content (AvgIpc) is 3.13. The molecule has 1 unspecified atom stereocenters. The number of pyridine rings is 1. The Bertz CT molecular complexity index is 1160. The van der Waals surface area contributed by atoms with Crippen LogP contribution in [0.5, 0.6) is 5.75 Å². The number of hydrogen-bond donors (Lipinski definition) is 0. The molecule has 0 radical (unpaired) electrons. The molecule has 2 aromatic carbocycles. The first-order chi connectivity index (χ1) is 14.5. The SMILES string of the molecule is COc1ccc2c(c1)c(-c1cncc(-c3ccc(Cl)cc3)c1)cn2C(C)CN(C)C. The van der Waals surface area contributed by atoms with Crippen LogP contribution in [0.3, 0.4) is 0 Å². The second kappa shape index (κ2) is 8.50. The van der Waals surface area contributed by atoms with Gasteiger partial charge in [0.15, 0.2) is 0 Å². The molecule has 0 aliphatic carbocycles. The van der Waals surface area contributed by atoms with Gasteiger partial charge in [0, 0.05) is 63.8 Å². The van der Waals surface area contributed by atoms with Crippen LogP contribution in [0.4, 0.5) is 0 Å². The predicted octanol–water partition coefficient (Wildman–Crippen LogP) is 6.15. The Labute approximate surface area is 182 Å². The summed E-state index contributed by atoms with van der Waals surface area (Å²) in [6.07, 6.45) is 6.05. The zero-order valence-corrected chi connectivity index (χ0v) is 18.5. The van der Waals surface area contributed by atoms with Crippen molar-refractivity contribution in [3.05, 3.63) is 72.1 Å². The topological polar surface area (TPSA) is 30.3 Å². The zero-order valence-electron chi connectivity index (χ0n) is 17.8. The molecule has 0 saturated heterocycles. The lowest BCUT2D eigenvalue weighted by Crippen LogP contribution is -2.21. The number of methoxy groups -OCH3 is 1. The lowest BCUT2D eigenvalue weighted by Gasteiger charge is -2.19. The molecule has 0 bridgehead atoms. The third kappa shape index (κ3) is 4.07. The average molecular weight is 420 g/mol. The molecule has 4 nitrogen and oxygen atoms in total. The van der Waals surface area contributed by atoms with E-state index in [0.717, 1.165) is 45.0 Å². The first-order valence-corrected chi connectivity index (χ1v) is 10.4. The predicted molar refractivity (Wildman–Crippen MR) is 125 cm³/mol. The van der Waals surface area contributed by atoms with Gasteiger partial charge in [-0.2, -0.15) is 0 Å². The Morgan fingerprint density at radius 1 is 1.00 bits per heavy atom. The van der Waals surface area contributed by atoms with Crippen molar-refractivity contribution in [2.75, 3.05) is 27.7 Å². The van der Waals surface area contributed by atoms with E-state index in [0.29, 0.717) is 6.04 Å². The molecule has 0 N–H and O–H groups in total. The van der Waals surface area contributed by atoms with Crippen LogP contribution in [0.15, 0.2) is 67.1 Å². The molecule has 0 aliphatic rings. The first-order valence-electron chi connectivity index (χ1n) is 10.0. The Morgan fingerprint density at radius 3 is 2.43 bits per heavy atom. The summed E-state index contributed by atoms with van der Waals surface area (Å²) in [5.41, 5.74) is 5.58. The number of benzene rings is 2. The van der Waals surface area contributed by atoms with Crippen LogP contribution in [0.2, 0.25) is 5.02 Å². The van der Waals surface area contributed by atoms with Gasteiger partial charge in [-0.05, 0) is 63.0 Å². The van der Waals surface area contributed by atoms with E-state index in [9.17, 15) is 0 Å². The summed E-state index contributed by atoms with van der Waals surface area (Å²) in [4.78, 5) is 6.74. The van der Waals surface area contributed by atoms with E-state index < -0.39 is 0 Å². The Morgan fingerprint density at radius 2 is 1.73 bits per heavy atom. The van der Waals surface area contributed by atoms with E-state index in [1.807, 2.05) is 42.7 Å². The summed E-state index contributed by atoms with van der Waals surface area (Å²) in [5.74, 6) is 0.851. The monoisotopic (exact) mass is 419 g/mol. The highest BCUT2D eigenvalue weighted by molar-refractivity contribution is 6.30. The maximum absolute atomic E-state index is 6.05. The van der Waals surface area contributed by atoms with Gasteiger partial charge in [-0.15, -0.1) is 0 Å². The van der Waals surface area contributed by atoms with Crippen LogP contribution in [0.1, 0.15) is 13.0 Å². The van der Waals surface area contributed by atoms with Gasteiger partial charge in [-0.1, -0.05) is 23.7 Å². The van der Waals surface area contributed by atoms with E-state index >= 15 is 0 Å². The van der Waals surface area contributed by atoms with Gasteiger partial charge in [-0.25, -0.2) is 0 Å². The van der Waals surface area contributed by atoms with Crippen LogP contribution in [-0.2, 0) is 0 Å². The maximum atomic E-state index is 6.05. The molecular formula is C25H26ClN3O. The van der Waals surface area contributed by atoms with Crippen molar-refractivity contribution >= 4 is 22.5 Å². The molecule has 4 aromatic rings. The number of likely N-dealkylation sites (N-methyl/N-ethyl adjacent to an activating group) is 1. The van der Waals surface area contributed by atoms with Gasteiger partial charge < -0.3 is 14.2 Å². The summed E-state index contributed by atoms with van der Waals surface area (Å²) in [5, 5.41) is 1.89. The number of rotatable bonds is 6. The number of ether oxygens (including phenoxy) is 1. The highest BCUT2D eigenvalue weighted by Gasteiger charge is 2.16. The minimum atomic E-state index is 0.331. The van der Waals surface area contributed by atoms with Crippen LogP contribution in [0, 0.1) is 0 Å². The van der Waals surface area contributed by atoms with E-state index in [1.54, 1.807) is 7.11 Å².